The molecule has 3 rings (SSSR count). The smallest absolute Gasteiger partial charge is 0.220 e. The lowest BCUT2D eigenvalue weighted by Gasteiger charge is -2.48. The summed E-state index contributed by atoms with van der Waals surface area (Å²) in [5, 5.41) is 121. The summed E-state index contributed by atoms with van der Waals surface area (Å²) in [4.78, 5) is 13.5. The molecular formula is C91H163NO18. The monoisotopic (exact) mass is 1560 g/mol. The van der Waals surface area contributed by atoms with Crippen LogP contribution in [0.4, 0.5) is 0 Å². The third-order valence-electron chi connectivity index (χ3n) is 21.9. The van der Waals surface area contributed by atoms with E-state index in [4.69, 9.17) is 28.4 Å². The van der Waals surface area contributed by atoms with Gasteiger partial charge < -0.3 is 89.9 Å². The Morgan fingerprint density at radius 1 is 0.336 bits per heavy atom. The number of amides is 1. The minimum Gasteiger partial charge on any atom is -0.394 e. The summed E-state index contributed by atoms with van der Waals surface area (Å²) in [6.45, 7) is 1.67. The number of aliphatic hydroxyl groups is 11. The van der Waals surface area contributed by atoms with E-state index in [1.54, 1.807) is 6.08 Å². The molecule has 0 aliphatic carbocycles. The molecule has 0 aromatic heterocycles. The summed E-state index contributed by atoms with van der Waals surface area (Å²) >= 11 is 0. The Labute approximate surface area is 667 Å². The van der Waals surface area contributed by atoms with E-state index in [1.165, 1.54) is 238 Å². The molecule has 17 unspecified atom stereocenters. The first-order valence-corrected chi connectivity index (χ1v) is 44.8. The molecule has 1 amide bonds. The highest BCUT2D eigenvalue weighted by atomic mass is 16.8. The van der Waals surface area contributed by atoms with Crippen molar-refractivity contribution < 1.29 is 89.4 Å². The quantitative estimate of drug-likeness (QED) is 0.0199. The van der Waals surface area contributed by atoms with E-state index >= 15 is 0 Å². The summed E-state index contributed by atoms with van der Waals surface area (Å²) < 4.78 is 34.5. The Morgan fingerprint density at radius 2 is 0.627 bits per heavy atom. The highest BCUT2D eigenvalue weighted by Crippen LogP contribution is 2.33. The van der Waals surface area contributed by atoms with Crippen molar-refractivity contribution in [1.29, 1.82) is 0 Å². The number of hydrogen-bond donors (Lipinski definition) is 12. The maximum absolute atomic E-state index is 13.5. The molecule has 12 N–H and O–H groups in total. The largest absolute Gasteiger partial charge is 0.394 e. The minimum absolute atomic E-state index is 0.240. The zero-order valence-electron chi connectivity index (χ0n) is 69.0. The lowest BCUT2D eigenvalue weighted by atomic mass is 9.96. The summed E-state index contributed by atoms with van der Waals surface area (Å²) in [6.07, 6.45) is 68.7. The SMILES string of the molecule is CC/C=C\C/C=C\C/C=C\C/C=C\C/C=C\C/C=C\CCCCCCCCCCCCCCCCC(=O)NC(COC1OC(CO)C(OC2OC(CO)C(OC3OC(CO)C(O)C(O)C3O)C(O)C2O)C(O)C1O)C(O)/C=C/CCCCCCCCCCCCCCCCCCCCCCCCCCCCCCCC. The second-order valence-electron chi connectivity index (χ2n) is 31.7. The van der Waals surface area contributed by atoms with Crippen molar-refractivity contribution in [2.24, 2.45) is 0 Å². The second kappa shape index (κ2) is 70.2. The van der Waals surface area contributed by atoms with Crippen molar-refractivity contribution in [3.8, 4) is 0 Å². The van der Waals surface area contributed by atoms with Crippen molar-refractivity contribution in [3.63, 3.8) is 0 Å². The normalized spacial score (nSPS) is 25.6. The molecule has 110 heavy (non-hydrogen) atoms. The fourth-order valence-electron chi connectivity index (χ4n) is 14.8. The number of rotatable bonds is 72. The van der Waals surface area contributed by atoms with E-state index in [0.717, 1.165) is 89.9 Å². The molecule has 19 heteroatoms. The highest BCUT2D eigenvalue weighted by Gasteiger charge is 2.54. The third kappa shape index (κ3) is 48.5. The third-order valence-corrected chi connectivity index (χ3v) is 21.9. The zero-order chi connectivity index (χ0) is 79.5. The van der Waals surface area contributed by atoms with E-state index in [1.807, 2.05) is 6.08 Å². The van der Waals surface area contributed by atoms with Crippen LogP contribution in [0.3, 0.4) is 0 Å². The van der Waals surface area contributed by atoms with Gasteiger partial charge in [-0.15, -0.1) is 0 Å². The number of aliphatic hydroxyl groups excluding tert-OH is 11. The first-order valence-electron chi connectivity index (χ1n) is 44.8. The molecule has 3 heterocycles. The van der Waals surface area contributed by atoms with Gasteiger partial charge in [0.25, 0.3) is 0 Å². The van der Waals surface area contributed by atoms with Crippen LogP contribution < -0.4 is 5.32 Å². The fraction of sp³-hybridized carbons (Fsp3) is 0.835. The van der Waals surface area contributed by atoms with E-state index in [2.05, 4.69) is 92.1 Å². The maximum atomic E-state index is 13.5. The number of carbonyl (C=O) groups excluding carboxylic acids is 1. The van der Waals surface area contributed by atoms with Gasteiger partial charge in [-0.2, -0.15) is 0 Å². The van der Waals surface area contributed by atoms with Gasteiger partial charge in [0, 0.05) is 6.42 Å². The van der Waals surface area contributed by atoms with Gasteiger partial charge in [-0.05, 0) is 70.6 Å². The van der Waals surface area contributed by atoms with Crippen molar-refractivity contribution in [2.45, 2.75) is 458 Å². The number of unbranched alkanes of at least 4 members (excludes halogenated alkanes) is 44. The first-order chi connectivity index (χ1) is 53.8. The molecule has 3 fully saturated rings. The van der Waals surface area contributed by atoms with E-state index in [-0.39, 0.29) is 18.9 Å². The molecule has 19 nitrogen and oxygen atoms in total. The van der Waals surface area contributed by atoms with Crippen LogP contribution >= 0.6 is 0 Å². The molecule has 3 aliphatic heterocycles. The number of hydrogen-bond acceptors (Lipinski definition) is 18. The van der Waals surface area contributed by atoms with Gasteiger partial charge >= 0.3 is 0 Å². The van der Waals surface area contributed by atoms with Crippen LogP contribution in [-0.2, 0) is 33.2 Å². The molecule has 0 bridgehead atoms. The summed E-state index contributed by atoms with van der Waals surface area (Å²) in [5.74, 6) is -0.274. The van der Waals surface area contributed by atoms with Crippen LogP contribution in [0.5, 0.6) is 0 Å². The summed E-state index contributed by atoms with van der Waals surface area (Å²) in [6, 6.07) is -0.980. The zero-order valence-corrected chi connectivity index (χ0v) is 69.0. The van der Waals surface area contributed by atoms with E-state index in [9.17, 15) is 61.0 Å². The average Bonchev–Trinajstić information content (AvgIpc) is 0.780. The molecule has 3 saturated heterocycles. The van der Waals surface area contributed by atoms with Gasteiger partial charge in [0.2, 0.25) is 5.91 Å². The number of carbonyl (C=O) groups is 1. The molecule has 0 saturated carbocycles. The molecule has 0 aromatic rings. The predicted molar refractivity (Wildman–Crippen MR) is 443 cm³/mol. The van der Waals surface area contributed by atoms with Gasteiger partial charge in [-0.25, -0.2) is 0 Å². The maximum Gasteiger partial charge on any atom is 0.220 e. The van der Waals surface area contributed by atoms with Gasteiger partial charge in [0.15, 0.2) is 18.9 Å². The van der Waals surface area contributed by atoms with Crippen LogP contribution in [0.1, 0.15) is 354 Å². The summed E-state index contributed by atoms with van der Waals surface area (Å²) in [7, 11) is 0. The van der Waals surface area contributed by atoms with Crippen molar-refractivity contribution in [1.82, 2.24) is 5.32 Å². The number of ether oxygens (including phenoxy) is 6. The molecular weight excluding hydrogens is 1390 g/mol. The first kappa shape index (κ1) is 101. The van der Waals surface area contributed by atoms with Gasteiger partial charge in [0.1, 0.15) is 73.2 Å². The van der Waals surface area contributed by atoms with Gasteiger partial charge in [-0.1, -0.05) is 362 Å². The van der Waals surface area contributed by atoms with Gasteiger partial charge in [-0.3, -0.25) is 4.79 Å². The van der Waals surface area contributed by atoms with Crippen LogP contribution in [0.25, 0.3) is 0 Å². The van der Waals surface area contributed by atoms with Crippen LogP contribution in [0.15, 0.2) is 85.1 Å². The Kier molecular flexibility index (Phi) is 64.6. The van der Waals surface area contributed by atoms with E-state index < -0.39 is 124 Å². The van der Waals surface area contributed by atoms with Crippen molar-refractivity contribution in [2.75, 3.05) is 26.4 Å². The van der Waals surface area contributed by atoms with Crippen molar-refractivity contribution in [3.05, 3.63) is 85.1 Å². The molecule has 0 radical (unpaired) electrons. The molecule has 17 atom stereocenters. The Bertz CT molecular complexity index is 2310. The highest BCUT2D eigenvalue weighted by molar-refractivity contribution is 5.76. The Balaban J connectivity index is 1.34. The molecule has 0 spiro atoms. The van der Waals surface area contributed by atoms with Crippen LogP contribution in [-0.4, -0.2) is 193 Å². The fourth-order valence-corrected chi connectivity index (χ4v) is 14.8. The summed E-state index contributed by atoms with van der Waals surface area (Å²) in [5.41, 5.74) is 0. The standard InChI is InChI=1S/C91H163NO18/c1-3-5-7-9-11-13-15-17-19-21-23-25-27-29-31-33-35-37-39-41-43-45-47-49-51-53-55-57-59-61-63-65-67-69-79(97)92-74(75(96)68-66-64-62-60-58-56-54-52-50-48-46-44-42-40-38-36-34-32-30-28-26-24-22-20-18-16-14-12-10-8-6-4-2)73-105-89-85(103)82(100)87(77(71-94)107-89)110-91-86(104)83(101)88(78(72-95)108-91)109-90-84(102)81(99)80(98)76(70-93)106-90/h5,7,11,13,17,19,23,25,29,31,35,37,66,68,74-78,80-91,93-96,98-104H,3-4,6,8-10,12,14-16,18,20-22,24,26-28,30,32-34,36,38-65,67,69-73H2,1-2H3,(H,92,97)/b7-5-,13-11-,19-17-,25-23-,31-29-,37-35-,68-66+. The lowest BCUT2D eigenvalue weighted by Crippen LogP contribution is -2.66. The number of allylic oxidation sites excluding steroid dienone is 13. The molecule has 0 aromatic carbocycles. The van der Waals surface area contributed by atoms with Crippen LogP contribution in [0.2, 0.25) is 0 Å². The molecule has 640 valence electrons. The Morgan fingerprint density at radius 3 is 0.982 bits per heavy atom. The Hall–Kier alpha value is -3.03. The lowest BCUT2D eigenvalue weighted by molar-refractivity contribution is -0.379. The van der Waals surface area contributed by atoms with Crippen LogP contribution in [0, 0.1) is 0 Å². The minimum atomic E-state index is -1.98. The van der Waals surface area contributed by atoms with Gasteiger partial charge in [0.05, 0.1) is 38.6 Å². The second-order valence-corrected chi connectivity index (χ2v) is 31.7. The average molecular weight is 1560 g/mol. The van der Waals surface area contributed by atoms with E-state index in [0.29, 0.717) is 6.42 Å². The predicted octanol–water partition coefficient (Wildman–Crippen LogP) is 16.9. The molecule has 3 aliphatic rings. The van der Waals surface area contributed by atoms with Crippen molar-refractivity contribution >= 4 is 5.91 Å². The number of nitrogens with one attached hydrogen (secondary N) is 1. The topological polar surface area (TPSA) is 307 Å².